The highest BCUT2D eigenvalue weighted by molar-refractivity contribution is 7.90. The third-order valence-electron chi connectivity index (χ3n) is 4.10. The van der Waals surface area contributed by atoms with E-state index in [0.29, 0.717) is 20.7 Å². The van der Waals surface area contributed by atoms with Crippen molar-refractivity contribution in [3.63, 3.8) is 0 Å². The first kappa shape index (κ1) is 16.8. The van der Waals surface area contributed by atoms with Gasteiger partial charge in [0, 0.05) is 16.5 Å². The van der Waals surface area contributed by atoms with Gasteiger partial charge in [-0.25, -0.2) is 16.6 Å². The van der Waals surface area contributed by atoms with Gasteiger partial charge in [-0.05, 0) is 30.3 Å². The highest BCUT2D eigenvalue weighted by atomic mass is 32.2. The molecule has 1 unspecified atom stereocenters. The van der Waals surface area contributed by atoms with E-state index in [0.717, 1.165) is 0 Å². The van der Waals surface area contributed by atoms with E-state index in [2.05, 4.69) is 0 Å². The molecule has 0 radical (unpaired) electrons. The average molecular weight is 381 g/mol. The molecule has 4 rings (SSSR count). The van der Waals surface area contributed by atoms with Crippen molar-refractivity contribution in [2.75, 3.05) is 0 Å². The molecule has 0 aliphatic rings. The molecular weight excluding hydrogens is 366 g/mol. The van der Waals surface area contributed by atoms with E-state index < -0.39 is 20.8 Å². The topological polar surface area (TPSA) is 56.1 Å². The second-order valence-electron chi connectivity index (χ2n) is 5.71. The second-order valence-corrected chi connectivity index (χ2v) is 8.97. The van der Waals surface area contributed by atoms with Crippen molar-refractivity contribution in [2.45, 2.75) is 14.7 Å². The van der Waals surface area contributed by atoms with Gasteiger partial charge in [0.2, 0.25) is 0 Å². The predicted octanol–water partition coefficient (Wildman–Crippen LogP) is 4.05. The number of nitrogens with zero attached hydrogens (tertiary/aromatic N) is 1. The number of rotatable bonds is 4. The van der Waals surface area contributed by atoms with Gasteiger partial charge in [0.25, 0.3) is 10.0 Å². The molecule has 4 aromatic rings. The minimum absolute atomic E-state index is 0.192. The lowest BCUT2D eigenvalue weighted by Crippen LogP contribution is -2.11. The molecule has 4 nitrogen and oxygen atoms in total. The van der Waals surface area contributed by atoms with Crippen LogP contribution in [-0.4, -0.2) is 16.6 Å². The van der Waals surface area contributed by atoms with Crippen molar-refractivity contribution >= 4 is 31.7 Å². The van der Waals surface area contributed by atoms with E-state index >= 15 is 0 Å². The van der Waals surface area contributed by atoms with Crippen LogP contribution < -0.4 is 0 Å². The Morgan fingerprint density at radius 3 is 2.00 bits per heavy atom. The van der Waals surface area contributed by atoms with Crippen molar-refractivity contribution in [1.82, 2.24) is 3.97 Å². The molecule has 0 saturated heterocycles. The molecule has 0 saturated carbocycles. The molecule has 26 heavy (non-hydrogen) atoms. The summed E-state index contributed by atoms with van der Waals surface area (Å²) in [6.07, 6.45) is 1.47. The molecule has 0 N–H and O–H groups in total. The first-order chi connectivity index (χ1) is 12.6. The molecule has 1 atom stereocenters. The van der Waals surface area contributed by atoms with Gasteiger partial charge in [-0.1, -0.05) is 54.6 Å². The number of benzene rings is 3. The first-order valence-electron chi connectivity index (χ1n) is 7.96. The zero-order chi connectivity index (χ0) is 18.1. The van der Waals surface area contributed by atoms with E-state index in [1.54, 1.807) is 60.7 Å². The molecule has 0 fully saturated rings. The Morgan fingerprint density at radius 1 is 0.731 bits per heavy atom. The summed E-state index contributed by atoms with van der Waals surface area (Å²) in [7, 11) is -5.26. The number of hydrogen-bond donors (Lipinski definition) is 0. The molecule has 0 aliphatic heterocycles. The highest BCUT2D eigenvalue weighted by Gasteiger charge is 2.23. The molecule has 6 heteroatoms. The zero-order valence-corrected chi connectivity index (χ0v) is 15.3. The fraction of sp³-hybridized carbons (Fsp3) is 0. The third kappa shape index (κ3) is 2.77. The van der Waals surface area contributed by atoms with Gasteiger partial charge in [0.15, 0.2) is 0 Å². The van der Waals surface area contributed by atoms with Gasteiger partial charge in [-0.3, -0.25) is 0 Å². The summed E-state index contributed by atoms with van der Waals surface area (Å²) >= 11 is 0. The van der Waals surface area contributed by atoms with Gasteiger partial charge in [-0.2, -0.15) is 0 Å². The van der Waals surface area contributed by atoms with E-state index in [1.165, 1.54) is 10.2 Å². The van der Waals surface area contributed by atoms with E-state index in [1.807, 2.05) is 24.3 Å². The minimum atomic E-state index is -3.78. The number of para-hydroxylation sites is 1. The summed E-state index contributed by atoms with van der Waals surface area (Å²) in [4.78, 5) is 1.30. The summed E-state index contributed by atoms with van der Waals surface area (Å²) in [6.45, 7) is 0. The molecule has 0 spiro atoms. The lowest BCUT2D eigenvalue weighted by molar-refractivity contribution is 0.589. The lowest BCUT2D eigenvalue weighted by Gasteiger charge is -2.07. The summed E-state index contributed by atoms with van der Waals surface area (Å²) in [5, 5.41) is 0.661. The van der Waals surface area contributed by atoms with Crippen molar-refractivity contribution in [1.29, 1.82) is 0 Å². The molecule has 0 amide bonds. The standard InChI is InChI=1S/C20H15NO3S2/c22-25(16-9-3-1-4-10-16)20-15-21(19-14-8-7-13-18(19)20)26(23,24)17-11-5-2-6-12-17/h1-15H. The number of hydrogen-bond acceptors (Lipinski definition) is 3. The molecule has 0 aliphatic carbocycles. The van der Waals surface area contributed by atoms with E-state index in [4.69, 9.17) is 0 Å². The van der Waals surface area contributed by atoms with E-state index in [-0.39, 0.29) is 4.90 Å². The van der Waals surface area contributed by atoms with Crippen LogP contribution in [0.15, 0.2) is 106 Å². The van der Waals surface area contributed by atoms with Gasteiger partial charge in [0.1, 0.15) is 0 Å². The van der Waals surface area contributed by atoms with Crippen LogP contribution in [0, 0.1) is 0 Å². The zero-order valence-electron chi connectivity index (χ0n) is 13.6. The first-order valence-corrected chi connectivity index (χ1v) is 10.6. The van der Waals surface area contributed by atoms with Crippen LogP contribution in [0.1, 0.15) is 0 Å². The fourth-order valence-electron chi connectivity index (χ4n) is 2.84. The summed E-state index contributed by atoms with van der Waals surface area (Å²) in [6, 6.07) is 24.4. The maximum Gasteiger partial charge on any atom is 0.268 e. The molecule has 3 aromatic carbocycles. The number of aromatic nitrogens is 1. The van der Waals surface area contributed by atoms with Crippen LogP contribution in [0.25, 0.3) is 10.9 Å². The monoisotopic (exact) mass is 381 g/mol. The van der Waals surface area contributed by atoms with Crippen molar-refractivity contribution in [3.05, 3.63) is 91.1 Å². The minimum Gasteiger partial charge on any atom is -0.249 e. The Balaban J connectivity index is 1.95. The highest BCUT2D eigenvalue weighted by Crippen LogP contribution is 2.30. The average Bonchev–Trinajstić information content (AvgIpc) is 3.09. The summed E-state index contributed by atoms with van der Waals surface area (Å²) < 4.78 is 40.4. The quantitative estimate of drug-likeness (QED) is 0.536. The van der Waals surface area contributed by atoms with Crippen LogP contribution in [-0.2, 0) is 20.8 Å². The molecule has 130 valence electrons. The third-order valence-corrected chi connectivity index (χ3v) is 7.21. The Hall–Kier alpha value is -2.70. The van der Waals surface area contributed by atoms with Gasteiger partial charge < -0.3 is 0 Å². The largest absolute Gasteiger partial charge is 0.268 e. The fourth-order valence-corrected chi connectivity index (χ4v) is 5.53. The van der Waals surface area contributed by atoms with Crippen molar-refractivity contribution in [2.24, 2.45) is 0 Å². The second kappa shape index (κ2) is 6.55. The van der Waals surface area contributed by atoms with Crippen LogP contribution in [0.5, 0.6) is 0 Å². The maximum absolute atomic E-state index is 13.1. The predicted molar refractivity (Wildman–Crippen MR) is 102 cm³/mol. The van der Waals surface area contributed by atoms with Crippen LogP contribution in [0.2, 0.25) is 0 Å². The SMILES string of the molecule is O=S(c1ccccc1)c1cn(S(=O)(=O)c2ccccc2)c2ccccc12. The Kier molecular flexibility index (Phi) is 4.22. The number of fused-ring (bicyclic) bond motifs is 1. The normalized spacial score (nSPS) is 12.9. The summed E-state index contributed by atoms with van der Waals surface area (Å²) in [5.74, 6) is 0. The van der Waals surface area contributed by atoms with Gasteiger partial charge in [-0.15, -0.1) is 0 Å². The Bertz CT molecular complexity index is 1200. The Morgan fingerprint density at radius 2 is 1.31 bits per heavy atom. The summed E-state index contributed by atoms with van der Waals surface area (Å²) in [5.41, 5.74) is 0.510. The molecular formula is C20H15NO3S2. The van der Waals surface area contributed by atoms with Crippen molar-refractivity contribution in [3.8, 4) is 0 Å². The van der Waals surface area contributed by atoms with Crippen LogP contribution in [0.4, 0.5) is 0 Å². The lowest BCUT2D eigenvalue weighted by atomic mass is 10.2. The Labute approximate surface area is 154 Å². The van der Waals surface area contributed by atoms with Crippen molar-refractivity contribution < 1.29 is 12.6 Å². The van der Waals surface area contributed by atoms with Crippen LogP contribution >= 0.6 is 0 Å². The smallest absolute Gasteiger partial charge is 0.249 e. The maximum atomic E-state index is 13.1. The van der Waals surface area contributed by atoms with Gasteiger partial charge in [0.05, 0.1) is 26.1 Å². The van der Waals surface area contributed by atoms with E-state index in [9.17, 15) is 12.6 Å². The molecule has 1 aromatic heterocycles. The van der Waals surface area contributed by atoms with Crippen LogP contribution in [0.3, 0.4) is 0 Å². The van der Waals surface area contributed by atoms with Gasteiger partial charge >= 0.3 is 0 Å². The molecule has 0 bridgehead atoms. The molecule has 1 heterocycles.